The molecule has 0 aliphatic carbocycles. The van der Waals surface area contributed by atoms with E-state index in [1.165, 1.54) is 6.08 Å². The van der Waals surface area contributed by atoms with E-state index in [0.717, 1.165) is 12.8 Å². The van der Waals surface area contributed by atoms with E-state index in [-0.39, 0.29) is 0 Å². The molecule has 0 aliphatic heterocycles. The summed E-state index contributed by atoms with van der Waals surface area (Å²) in [5.41, 5.74) is 0.307. The number of unbranched alkanes of at least 4 members (excludes halogenated alkanes) is 1. The van der Waals surface area contributed by atoms with Crippen LogP contribution in [-0.4, -0.2) is 16.4 Å². The van der Waals surface area contributed by atoms with Crippen molar-refractivity contribution in [3.63, 3.8) is 0 Å². The standard InChI is InChI=1S/C9H13Cl3O2/c1-3-4-5-14-8(13)7(2)6-9(10,11)12/h6H,3-5H2,1-2H3/b7-6+. The van der Waals surface area contributed by atoms with Gasteiger partial charge in [-0.25, -0.2) is 4.79 Å². The molecule has 5 heteroatoms. The zero-order valence-electron chi connectivity index (χ0n) is 8.15. The number of alkyl halides is 3. The van der Waals surface area contributed by atoms with Gasteiger partial charge >= 0.3 is 5.97 Å². The van der Waals surface area contributed by atoms with E-state index in [1.807, 2.05) is 6.92 Å². The summed E-state index contributed by atoms with van der Waals surface area (Å²) in [5, 5.41) is 0. The van der Waals surface area contributed by atoms with Crippen molar-refractivity contribution in [1.82, 2.24) is 0 Å². The van der Waals surface area contributed by atoms with Gasteiger partial charge in [-0.3, -0.25) is 0 Å². The number of esters is 1. The number of hydrogen-bond donors (Lipinski definition) is 0. The van der Waals surface area contributed by atoms with Crippen LogP contribution in [0.1, 0.15) is 26.7 Å². The van der Waals surface area contributed by atoms with Crippen LogP contribution in [0.3, 0.4) is 0 Å². The van der Waals surface area contributed by atoms with Gasteiger partial charge in [0.05, 0.1) is 6.61 Å². The summed E-state index contributed by atoms with van der Waals surface area (Å²) >= 11 is 16.4. The maximum Gasteiger partial charge on any atom is 0.333 e. The maximum atomic E-state index is 11.2. The lowest BCUT2D eigenvalue weighted by atomic mass is 10.3. The molecular weight excluding hydrogens is 246 g/mol. The van der Waals surface area contributed by atoms with Crippen molar-refractivity contribution >= 4 is 40.8 Å². The number of carbonyl (C=O) groups is 1. The summed E-state index contributed by atoms with van der Waals surface area (Å²) < 4.78 is 3.36. The predicted octanol–water partition coefficient (Wildman–Crippen LogP) is 3.65. The van der Waals surface area contributed by atoms with Gasteiger partial charge in [-0.05, 0) is 19.4 Å². The summed E-state index contributed by atoms with van der Waals surface area (Å²) in [4.78, 5) is 11.2. The Bertz CT molecular complexity index is 219. The molecule has 0 rings (SSSR count). The van der Waals surface area contributed by atoms with Crippen LogP contribution in [0.5, 0.6) is 0 Å². The molecule has 0 saturated heterocycles. The van der Waals surface area contributed by atoms with Gasteiger partial charge in [-0.2, -0.15) is 0 Å². The van der Waals surface area contributed by atoms with Crippen LogP contribution in [0.2, 0.25) is 0 Å². The predicted molar refractivity (Wildman–Crippen MR) is 59.9 cm³/mol. The lowest BCUT2D eigenvalue weighted by molar-refractivity contribution is -0.139. The first-order chi connectivity index (χ1) is 6.37. The van der Waals surface area contributed by atoms with Crippen LogP contribution in [-0.2, 0) is 9.53 Å². The lowest BCUT2D eigenvalue weighted by Gasteiger charge is -2.07. The quantitative estimate of drug-likeness (QED) is 0.333. The molecular formula is C9H13Cl3O2. The molecule has 0 heterocycles. The van der Waals surface area contributed by atoms with Crippen LogP contribution in [0.25, 0.3) is 0 Å². The van der Waals surface area contributed by atoms with E-state index in [2.05, 4.69) is 0 Å². The zero-order chi connectivity index (χ0) is 11.2. The molecule has 0 atom stereocenters. The van der Waals surface area contributed by atoms with E-state index in [0.29, 0.717) is 12.2 Å². The van der Waals surface area contributed by atoms with E-state index in [9.17, 15) is 4.79 Å². The first-order valence-electron chi connectivity index (χ1n) is 4.30. The molecule has 0 bridgehead atoms. The van der Waals surface area contributed by atoms with Crippen molar-refractivity contribution in [2.75, 3.05) is 6.61 Å². The minimum absolute atomic E-state index is 0.307. The molecule has 14 heavy (non-hydrogen) atoms. The number of ether oxygens (including phenoxy) is 1. The maximum absolute atomic E-state index is 11.2. The van der Waals surface area contributed by atoms with Crippen LogP contribution in [0.4, 0.5) is 0 Å². The number of allylic oxidation sites excluding steroid dienone is 1. The normalized spacial score (nSPS) is 12.8. The molecule has 0 radical (unpaired) electrons. The number of rotatable bonds is 4. The fraction of sp³-hybridized carbons (Fsp3) is 0.667. The van der Waals surface area contributed by atoms with Gasteiger partial charge < -0.3 is 4.74 Å². The Labute approximate surface area is 99.2 Å². The SMILES string of the molecule is CCCCOC(=O)/C(C)=C/C(Cl)(Cl)Cl. The highest BCUT2D eigenvalue weighted by molar-refractivity contribution is 6.69. The highest BCUT2D eigenvalue weighted by atomic mass is 35.6. The second kappa shape index (κ2) is 6.54. The van der Waals surface area contributed by atoms with Gasteiger partial charge in [-0.15, -0.1) is 0 Å². The third-order valence-electron chi connectivity index (χ3n) is 1.43. The van der Waals surface area contributed by atoms with E-state index >= 15 is 0 Å². The molecule has 0 aromatic rings. The molecule has 0 aliphatic rings. The van der Waals surface area contributed by atoms with Gasteiger partial charge in [0, 0.05) is 5.57 Å². The minimum Gasteiger partial charge on any atom is -0.462 e. The third kappa shape index (κ3) is 7.48. The summed E-state index contributed by atoms with van der Waals surface area (Å²) in [6.45, 7) is 3.97. The largest absolute Gasteiger partial charge is 0.462 e. The first kappa shape index (κ1) is 14.1. The van der Waals surface area contributed by atoms with E-state index in [4.69, 9.17) is 39.5 Å². The smallest absolute Gasteiger partial charge is 0.333 e. The zero-order valence-corrected chi connectivity index (χ0v) is 10.4. The molecule has 0 aromatic heterocycles. The van der Waals surface area contributed by atoms with Gasteiger partial charge in [0.1, 0.15) is 0 Å². The van der Waals surface area contributed by atoms with Gasteiger partial charge in [0.2, 0.25) is 3.79 Å². The Kier molecular flexibility index (Phi) is 6.58. The molecule has 2 nitrogen and oxygen atoms in total. The number of halogens is 3. The van der Waals surface area contributed by atoms with Gasteiger partial charge in [0.15, 0.2) is 0 Å². The van der Waals surface area contributed by atoms with Gasteiger partial charge in [-0.1, -0.05) is 48.1 Å². The Balaban J connectivity index is 4.06. The second-order valence-electron chi connectivity index (χ2n) is 2.86. The monoisotopic (exact) mass is 258 g/mol. The first-order valence-corrected chi connectivity index (χ1v) is 5.43. The molecule has 0 unspecified atom stereocenters. The summed E-state index contributed by atoms with van der Waals surface area (Å²) in [7, 11) is 0. The van der Waals surface area contributed by atoms with E-state index < -0.39 is 9.76 Å². The summed E-state index contributed by atoms with van der Waals surface area (Å²) in [6, 6.07) is 0. The topological polar surface area (TPSA) is 26.3 Å². The van der Waals surface area contributed by atoms with Crippen molar-refractivity contribution in [2.24, 2.45) is 0 Å². The van der Waals surface area contributed by atoms with Crippen molar-refractivity contribution in [3.8, 4) is 0 Å². The van der Waals surface area contributed by atoms with Crippen molar-refractivity contribution in [3.05, 3.63) is 11.6 Å². The molecule has 0 saturated carbocycles. The average molecular weight is 260 g/mol. The fourth-order valence-electron chi connectivity index (χ4n) is 0.727. The molecule has 0 spiro atoms. The Morgan fingerprint density at radius 1 is 1.43 bits per heavy atom. The second-order valence-corrected chi connectivity index (χ2v) is 5.23. The molecule has 82 valence electrons. The number of hydrogen-bond acceptors (Lipinski definition) is 2. The lowest BCUT2D eigenvalue weighted by Crippen LogP contribution is -2.09. The molecule has 0 aromatic carbocycles. The molecule has 0 N–H and O–H groups in total. The highest BCUT2D eigenvalue weighted by Gasteiger charge is 2.18. The van der Waals surface area contributed by atoms with Crippen molar-refractivity contribution in [2.45, 2.75) is 30.5 Å². The Morgan fingerprint density at radius 2 is 2.00 bits per heavy atom. The van der Waals surface area contributed by atoms with Crippen molar-refractivity contribution < 1.29 is 9.53 Å². The highest BCUT2D eigenvalue weighted by Crippen LogP contribution is 2.28. The van der Waals surface area contributed by atoms with Crippen molar-refractivity contribution in [1.29, 1.82) is 0 Å². The molecule has 0 amide bonds. The van der Waals surface area contributed by atoms with Crippen LogP contribution in [0.15, 0.2) is 11.6 Å². The molecule has 0 fully saturated rings. The number of carbonyl (C=O) groups excluding carboxylic acids is 1. The fourth-order valence-corrected chi connectivity index (χ4v) is 1.22. The Morgan fingerprint density at radius 3 is 2.43 bits per heavy atom. The average Bonchev–Trinajstić information content (AvgIpc) is 2.01. The summed E-state index contributed by atoms with van der Waals surface area (Å²) in [5.74, 6) is -0.440. The van der Waals surface area contributed by atoms with Gasteiger partial charge in [0.25, 0.3) is 0 Å². The summed E-state index contributed by atoms with van der Waals surface area (Å²) in [6.07, 6.45) is 3.05. The van der Waals surface area contributed by atoms with Crippen LogP contribution in [0, 0.1) is 0 Å². The Hall–Kier alpha value is 0.0800. The van der Waals surface area contributed by atoms with Crippen LogP contribution < -0.4 is 0 Å². The van der Waals surface area contributed by atoms with E-state index in [1.54, 1.807) is 6.92 Å². The van der Waals surface area contributed by atoms with Crippen LogP contribution >= 0.6 is 34.8 Å². The minimum atomic E-state index is -1.55. The third-order valence-corrected chi connectivity index (χ3v) is 1.76.